The molecule has 1 saturated carbocycles. The topological polar surface area (TPSA) is 75.3 Å². The Morgan fingerprint density at radius 2 is 2.11 bits per heavy atom. The highest BCUT2D eigenvalue weighted by molar-refractivity contribution is 6.00. The van der Waals surface area contributed by atoms with Gasteiger partial charge in [0.2, 0.25) is 0 Å². The summed E-state index contributed by atoms with van der Waals surface area (Å²) in [4.78, 5) is 11.1. The van der Waals surface area contributed by atoms with E-state index in [0.29, 0.717) is 12.2 Å². The Labute approximate surface area is 111 Å². The summed E-state index contributed by atoms with van der Waals surface area (Å²) in [7, 11) is 0. The van der Waals surface area contributed by atoms with Crippen LogP contribution in [0.1, 0.15) is 42.5 Å². The Hall–Kier alpha value is -1.78. The van der Waals surface area contributed by atoms with Crippen molar-refractivity contribution in [1.29, 1.82) is 0 Å². The summed E-state index contributed by atoms with van der Waals surface area (Å²) in [5.74, 6) is -1.18. The summed E-state index contributed by atoms with van der Waals surface area (Å²) in [6.45, 7) is 0.690. The van der Waals surface area contributed by atoms with E-state index < -0.39 is 11.8 Å². The number of nitrogen functional groups attached to an aromatic ring is 1. The molecule has 1 aliphatic rings. The number of nitrogens with one attached hydrogen (secondary N) is 1. The van der Waals surface area contributed by atoms with E-state index in [4.69, 9.17) is 10.8 Å². The predicted octanol–water partition coefficient (Wildman–Crippen LogP) is 3.10. The van der Waals surface area contributed by atoms with Crippen molar-refractivity contribution in [3.63, 3.8) is 0 Å². The van der Waals surface area contributed by atoms with Crippen molar-refractivity contribution >= 4 is 17.3 Å². The van der Waals surface area contributed by atoms with Gasteiger partial charge < -0.3 is 16.2 Å². The maximum Gasteiger partial charge on any atom is 0.340 e. The minimum absolute atomic E-state index is 0.175. The van der Waals surface area contributed by atoms with Crippen molar-refractivity contribution in [2.75, 3.05) is 17.6 Å². The molecule has 19 heavy (non-hydrogen) atoms. The van der Waals surface area contributed by atoms with Crippen LogP contribution in [0.2, 0.25) is 0 Å². The molecule has 104 valence electrons. The highest BCUT2D eigenvalue weighted by Crippen LogP contribution is 2.28. The number of carboxylic acid groups (broad SMARTS) is 1. The molecule has 0 radical (unpaired) electrons. The Kier molecular flexibility index (Phi) is 4.24. The summed E-state index contributed by atoms with van der Waals surface area (Å²) in [6.07, 6.45) is 6.08. The summed E-state index contributed by atoms with van der Waals surface area (Å²) < 4.78 is 13.3. The van der Waals surface area contributed by atoms with E-state index in [-0.39, 0.29) is 11.3 Å². The maximum absolute atomic E-state index is 13.3. The SMILES string of the molecule is Nc1c(F)ccc(NCCC2CCCC2)c1C(=O)O. The summed E-state index contributed by atoms with van der Waals surface area (Å²) in [5, 5.41) is 12.2. The molecule has 0 aliphatic heterocycles. The zero-order chi connectivity index (χ0) is 13.8. The molecule has 1 aromatic carbocycles. The lowest BCUT2D eigenvalue weighted by Gasteiger charge is -2.14. The monoisotopic (exact) mass is 266 g/mol. The lowest BCUT2D eigenvalue weighted by molar-refractivity contribution is 0.0698. The number of carboxylic acids is 1. The van der Waals surface area contributed by atoms with E-state index in [2.05, 4.69) is 5.32 Å². The van der Waals surface area contributed by atoms with Gasteiger partial charge in [-0.3, -0.25) is 0 Å². The molecule has 1 fully saturated rings. The van der Waals surface area contributed by atoms with Gasteiger partial charge in [-0.1, -0.05) is 25.7 Å². The molecule has 0 atom stereocenters. The number of hydrogen-bond acceptors (Lipinski definition) is 3. The van der Waals surface area contributed by atoms with Crippen molar-refractivity contribution in [3.05, 3.63) is 23.5 Å². The van der Waals surface area contributed by atoms with Gasteiger partial charge in [0.25, 0.3) is 0 Å². The minimum Gasteiger partial charge on any atom is -0.478 e. The molecule has 5 heteroatoms. The summed E-state index contributed by atoms with van der Waals surface area (Å²) in [5.41, 5.74) is 5.39. The fourth-order valence-electron chi connectivity index (χ4n) is 2.68. The molecule has 1 aliphatic carbocycles. The van der Waals surface area contributed by atoms with Crippen LogP contribution in [-0.2, 0) is 0 Å². The maximum atomic E-state index is 13.3. The number of aromatic carboxylic acids is 1. The quantitative estimate of drug-likeness (QED) is 0.716. The van der Waals surface area contributed by atoms with E-state index in [9.17, 15) is 9.18 Å². The Morgan fingerprint density at radius 3 is 2.74 bits per heavy atom. The zero-order valence-corrected chi connectivity index (χ0v) is 10.8. The molecule has 0 spiro atoms. The first-order valence-corrected chi connectivity index (χ1v) is 6.64. The molecular formula is C14H19FN2O2. The third kappa shape index (κ3) is 3.16. The van der Waals surface area contributed by atoms with E-state index in [1.54, 1.807) is 0 Å². The van der Waals surface area contributed by atoms with Crippen molar-refractivity contribution < 1.29 is 14.3 Å². The lowest BCUT2D eigenvalue weighted by atomic mass is 10.0. The number of rotatable bonds is 5. The van der Waals surface area contributed by atoms with E-state index in [0.717, 1.165) is 12.3 Å². The highest BCUT2D eigenvalue weighted by atomic mass is 19.1. The van der Waals surface area contributed by atoms with Gasteiger partial charge in [0.05, 0.1) is 11.4 Å². The third-order valence-corrected chi connectivity index (χ3v) is 3.75. The molecular weight excluding hydrogens is 247 g/mol. The van der Waals surface area contributed by atoms with Crippen LogP contribution in [-0.4, -0.2) is 17.6 Å². The van der Waals surface area contributed by atoms with Crippen molar-refractivity contribution in [2.24, 2.45) is 5.92 Å². The van der Waals surface area contributed by atoms with Gasteiger partial charge in [0.15, 0.2) is 0 Å². The van der Waals surface area contributed by atoms with Crippen LogP contribution in [0.5, 0.6) is 0 Å². The van der Waals surface area contributed by atoms with Gasteiger partial charge >= 0.3 is 5.97 Å². The van der Waals surface area contributed by atoms with Crippen molar-refractivity contribution in [3.8, 4) is 0 Å². The number of benzene rings is 1. The van der Waals surface area contributed by atoms with E-state index >= 15 is 0 Å². The summed E-state index contributed by atoms with van der Waals surface area (Å²) in [6, 6.07) is 2.63. The Bertz CT molecular complexity index is 471. The fourth-order valence-corrected chi connectivity index (χ4v) is 2.68. The van der Waals surface area contributed by atoms with Gasteiger partial charge in [0, 0.05) is 6.54 Å². The lowest BCUT2D eigenvalue weighted by Crippen LogP contribution is -2.13. The molecule has 0 saturated heterocycles. The Morgan fingerprint density at radius 1 is 1.42 bits per heavy atom. The average Bonchev–Trinajstić information content (AvgIpc) is 2.86. The molecule has 0 aromatic heterocycles. The smallest absolute Gasteiger partial charge is 0.340 e. The number of hydrogen-bond donors (Lipinski definition) is 3. The van der Waals surface area contributed by atoms with E-state index in [1.807, 2.05) is 0 Å². The second-order valence-electron chi connectivity index (χ2n) is 5.05. The van der Waals surface area contributed by atoms with Gasteiger partial charge in [0.1, 0.15) is 11.4 Å². The normalized spacial score (nSPS) is 15.6. The van der Waals surface area contributed by atoms with Gasteiger partial charge in [-0.15, -0.1) is 0 Å². The van der Waals surface area contributed by atoms with Crippen LogP contribution < -0.4 is 11.1 Å². The number of carbonyl (C=O) groups is 1. The molecule has 2 rings (SSSR count). The predicted molar refractivity (Wildman–Crippen MR) is 72.8 cm³/mol. The second-order valence-corrected chi connectivity index (χ2v) is 5.05. The first-order valence-electron chi connectivity index (χ1n) is 6.64. The van der Waals surface area contributed by atoms with Gasteiger partial charge in [-0.2, -0.15) is 0 Å². The standard InChI is InChI=1S/C14H19FN2O2/c15-10-5-6-11(12(13(10)16)14(18)19)17-8-7-9-3-1-2-4-9/h5-6,9,17H,1-4,7-8,16H2,(H,18,19). The molecule has 1 aromatic rings. The van der Waals surface area contributed by atoms with Crippen LogP contribution in [0.25, 0.3) is 0 Å². The number of halogens is 1. The first-order chi connectivity index (χ1) is 9.09. The third-order valence-electron chi connectivity index (χ3n) is 3.75. The molecule has 0 unspecified atom stereocenters. The minimum atomic E-state index is -1.21. The largest absolute Gasteiger partial charge is 0.478 e. The highest BCUT2D eigenvalue weighted by Gasteiger charge is 2.18. The van der Waals surface area contributed by atoms with Crippen LogP contribution in [0, 0.1) is 11.7 Å². The van der Waals surface area contributed by atoms with Crippen molar-refractivity contribution in [2.45, 2.75) is 32.1 Å². The van der Waals surface area contributed by atoms with Crippen LogP contribution in [0.3, 0.4) is 0 Å². The van der Waals surface area contributed by atoms with Crippen LogP contribution in [0.15, 0.2) is 12.1 Å². The second kappa shape index (κ2) is 5.91. The fraction of sp³-hybridized carbons (Fsp3) is 0.500. The van der Waals surface area contributed by atoms with Gasteiger partial charge in [-0.25, -0.2) is 9.18 Å². The van der Waals surface area contributed by atoms with Crippen LogP contribution >= 0.6 is 0 Å². The zero-order valence-electron chi connectivity index (χ0n) is 10.8. The average molecular weight is 266 g/mol. The first kappa shape index (κ1) is 13.6. The van der Waals surface area contributed by atoms with Gasteiger partial charge in [-0.05, 0) is 24.5 Å². The molecule has 0 bridgehead atoms. The van der Waals surface area contributed by atoms with Crippen LogP contribution in [0.4, 0.5) is 15.8 Å². The molecule has 4 N–H and O–H groups in total. The molecule has 0 heterocycles. The van der Waals surface area contributed by atoms with E-state index in [1.165, 1.54) is 37.8 Å². The molecule has 4 nitrogen and oxygen atoms in total. The number of anilines is 2. The molecule has 0 amide bonds. The summed E-state index contributed by atoms with van der Waals surface area (Å²) >= 11 is 0. The number of nitrogens with two attached hydrogens (primary N) is 1. The Balaban J connectivity index is 2.02. The van der Waals surface area contributed by atoms with Crippen molar-refractivity contribution in [1.82, 2.24) is 0 Å².